The van der Waals surface area contributed by atoms with Gasteiger partial charge in [0, 0.05) is 18.5 Å². The van der Waals surface area contributed by atoms with Crippen molar-refractivity contribution in [2.45, 2.75) is 19.4 Å². The predicted molar refractivity (Wildman–Crippen MR) is 114 cm³/mol. The number of benzene rings is 2. The number of rotatable bonds is 10. The number of hydrogen-bond acceptors (Lipinski definition) is 7. The molecule has 8 nitrogen and oxygen atoms in total. The molecule has 0 radical (unpaired) electrons. The van der Waals surface area contributed by atoms with Crippen LogP contribution in [0.15, 0.2) is 59.0 Å². The second-order valence-corrected chi connectivity index (χ2v) is 6.78. The Balaban J connectivity index is 1.73. The zero-order valence-corrected chi connectivity index (χ0v) is 17.3. The second kappa shape index (κ2) is 11.2. The van der Waals surface area contributed by atoms with Crippen LogP contribution in [0.4, 0.5) is 0 Å². The molecular formula is C24H21N3O5. The number of ether oxygens (including phenoxy) is 2. The Morgan fingerprint density at radius 1 is 0.938 bits per heavy atom. The Labute approximate surface area is 185 Å². The average Bonchev–Trinajstić information content (AvgIpc) is 3.20. The lowest BCUT2D eigenvalue weighted by atomic mass is 10.1. The Bertz CT molecular complexity index is 1140. The van der Waals surface area contributed by atoms with Gasteiger partial charge in [0.05, 0.1) is 30.5 Å². The number of esters is 1. The van der Waals surface area contributed by atoms with E-state index in [2.05, 4.69) is 0 Å². The highest BCUT2D eigenvalue weighted by atomic mass is 16.5. The molecule has 0 aliphatic carbocycles. The van der Waals surface area contributed by atoms with Gasteiger partial charge < -0.3 is 18.8 Å². The van der Waals surface area contributed by atoms with Crippen LogP contribution in [0.25, 0.3) is 11.0 Å². The fraction of sp³-hybridized carbons (Fsp3) is 0.250. The van der Waals surface area contributed by atoms with Crippen LogP contribution in [0.1, 0.15) is 29.0 Å². The number of hydrogen-bond donors (Lipinski definition) is 0. The standard InChI is InChI=1S/C24H21N3O5/c25-12-6-14-27(15-7-13-26)22(28)17-31-24(29)23-20(16-30-18-8-2-1-3-9-18)19-10-4-5-11-21(19)32-23/h1-5,8-11H,6-7,14-17H2. The van der Waals surface area contributed by atoms with Gasteiger partial charge in [-0.15, -0.1) is 0 Å². The summed E-state index contributed by atoms with van der Waals surface area (Å²) < 4.78 is 16.7. The predicted octanol–water partition coefficient (Wildman–Crippen LogP) is 3.82. The molecule has 0 atom stereocenters. The quantitative estimate of drug-likeness (QED) is 0.448. The van der Waals surface area contributed by atoms with E-state index in [0.717, 1.165) is 0 Å². The molecule has 0 unspecified atom stereocenters. The van der Waals surface area contributed by atoms with E-state index in [9.17, 15) is 9.59 Å². The van der Waals surface area contributed by atoms with Crippen LogP contribution in [0, 0.1) is 22.7 Å². The van der Waals surface area contributed by atoms with Gasteiger partial charge in [-0.05, 0) is 18.2 Å². The Kier molecular flexibility index (Phi) is 7.83. The molecule has 1 heterocycles. The highest BCUT2D eigenvalue weighted by molar-refractivity contribution is 5.96. The van der Waals surface area contributed by atoms with Crippen molar-refractivity contribution in [3.8, 4) is 17.9 Å². The summed E-state index contributed by atoms with van der Waals surface area (Å²) >= 11 is 0. The summed E-state index contributed by atoms with van der Waals surface area (Å²) in [5, 5.41) is 18.2. The molecule has 162 valence electrons. The molecule has 2 aromatic carbocycles. The Hall–Kier alpha value is -4.30. The third-order valence-electron chi connectivity index (χ3n) is 4.68. The van der Waals surface area contributed by atoms with E-state index in [1.807, 2.05) is 42.5 Å². The molecule has 0 N–H and O–H groups in total. The first-order valence-corrected chi connectivity index (χ1v) is 10.0. The van der Waals surface area contributed by atoms with Gasteiger partial charge in [-0.25, -0.2) is 4.79 Å². The molecule has 32 heavy (non-hydrogen) atoms. The lowest BCUT2D eigenvalue weighted by Gasteiger charge is -2.19. The first-order valence-electron chi connectivity index (χ1n) is 10.0. The molecule has 0 fully saturated rings. The van der Waals surface area contributed by atoms with E-state index >= 15 is 0 Å². The number of fused-ring (bicyclic) bond motifs is 1. The lowest BCUT2D eigenvalue weighted by Crippen LogP contribution is -2.36. The average molecular weight is 431 g/mol. The normalized spacial score (nSPS) is 10.2. The molecule has 1 aromatic heterocycles. The number of carbonyl (C=O) groups is 2. The van der Waals surface area contributed by atoms with Gasteiger partial charge in [0.1, 0.15) is 17.9 Å². The van der Waals surface area contributed by atoms with Gasteiger partial charge in [0.25, 0.3) is 5.91 Å². The summed E-state index contributed by atoms with van der Waals surface area (Å²) in [7, 11) is 0. The maximum Gasteiger partial charge on any atom is 0.375 e. The number of para-hydroxylation sites is 2. The van der Waals surface area contributed by atoms with Crippen molar-refractivity contribution < 1.29 is 23.5 Å². The molecule has 3 rings (SSSR count). The summed E-state index contributed by atoms with van der Waals surface area (Å²) in [5.41, 5.74) is 1.02. The van der Waals surface area contributed by atoms with Gasteiger partial charge in [-0.1, -0.05) is 36.4 Å². The lowest BCUT2D eigenvalue weighted by molar-refractivity contribution is -0.134. The van der Waals surface area contributed by atoms with E-state index in [0.29, 0.717) is 22.3 Å². The fourth-order valence-corrected chi connectivity index (χ4v) is 3.09. The molecule has 0 saturated carbocycles. The van der Waals surface area contributed by atoms with E-state index < -0.39 is 18.5 Å². The van der Waals surface area contributed by atoms with Gasteiger partial charge in [0.15, 0.2) is 6.61 Å². The summed E-state index contributed by atoms with van der Waals surface area (Å²) in [4.78, 5) is 26.5. The SMILES string of the molecule is N#CCCN(CCC#N)C(=O)COC(=O)c1oc2ccccc2c1COc1ccccc1. The van der Waals surface area contributed by atoms with Crippen molar-refractivity contribution in [1.82, 2.24) is 4.90 Å². The Morgan fingerprint density at radius 3 is 2.28 bits per heavy atom. The molecular weight excluding hydrogens is 410 g/mol. The van der Waals surface area contributed by atoms with Crippen LogP contribution in [0.3, 0.4) is 0 Å². The maximum atomic E-state index is 12.8. The molecule has 3 aromatic rings. The number of nitrogens with zero attached hydrogens (tertiary/aromatic N) is 3. The molecule has 1 amide bonds. The number of furan rings is 1. The highest BCUT2D eigenvalue weighted by Crippen LogP contribution is 2.28. The van der Waals surface area contributed by atoms with Crippen LogP contribution in [-0.4, -0.2) is 36.5 Å². The van der Waals surface area contributed by atoms with Crippen LogP contribution >= 0.6 is 0 Å². The van der Waals surface area contributed by atoms with Crippen molar-refractivity contribution >= 4 is 22.8 Å². The minimum Gasteiger partial charge on any atom is -0.489 e. The third-order valence-corrected chi connectivity index (χ3v) is 4.68. The van der Waals surface area contributed by atoms with E-state index in [1.165, 1.54) is 4.90 Å². The van der Waals surface area contributed by atoms with Crippen molar-refractivity contribution in [1.29, 1.82) is 10.5 Å². The highest BCUT2D eigenvalue weighted by Gasteiger charge is 2.24. The molecule has 0 bridgehead atoms. The van der Waals surface area contributed by atoms with Gasteiger partial charge in [-0.2, -0.15) is 10.5 Å². The smallest absolute Gasteiger partial charge is 0.375 e. The summed E-state index contributed by atoms with van der Waals surface area (Å²) in [6.07, 6.45) is 0.241. The first-order chi connectivity index (χ1) is 15.6. The number of carbonyl (C=O) groups excluding carboxylic acids is 2. The van der Waals surface area contributed by atoms with E-state index in [1.54, 1.807) is 24.3 Å². The second-order valence-electron chi connectivity index (χ2n) is 6.78. The third kappa shape index (κ3) is 5.65. The monoisotopic (exact) mass is 431 g/mol. The minimum absolute atomic E-state index is 0.0319. The van der Waals surface area contributed by atoms with Crippen molar-refractivity contribution in [2.75, 3.05) is 19.7 Å². The first kappa shape index (κ1) is 22.4. The molecule has 0 aliphatic heterocycles. The van der Waals surface area contributed by atoms with Crippen LogP contribution in [-0.2, 0) is 16.1 Å². The minimum atomic E-state index is -0.790. The topological polar surface area (TPSA) is 117 Å². The Morgan fingerprint density at radius 2 is 1.59 bits per heavy atom. The summed E-state index contributed by atoms with van der Waals surface area (Å²) in [5.74, 6) is -0.669. The zero-order valence-electron chi connectivity index (χ0n) is 17.3. The summed E-state index contributed by atoms with van der Waals surface area (Å²) in [6, 6.07) is 20.2. The largest absolute Gasteiger partial charge is 0.489 e. The molecule has 8 heteroatoms. The van der Waals surface area contributed by atoms with Gasteiger partial charge in [0.2, 0.25) is 5.76 Å². The van der Waals surface area contributed by atoms with Crippen LogP contribution < -0.4 is 4.74 Å². The van der Waals surface area contributed by atoms with E-state index in [-0.39, 0.29) is 38.3 Å². The molecule has 0 saturated heterocycles. The number of nitriles is 2. The zero-order chi connectivity index (χ0) is 22.8. The molecule has 0 spiro atoms. The van der Waals surface area contributed by atoms with Crippen LogP contribution in [0.5, 0.6) is 5.75 Å². The van der Waals surface area contributed by atoms with Crippen molar-refractivity contribution in [2.24, 2.45) is 0 Å². The molecule has 0 aliphatic rings. The van der Waals surface area contributed by atoms with Gasteiger partial charge in [-0.3, -0.25) is 4.79 Å². The van der Waals surface area contributed by atoms with E-state index in [4.69, 9.17) is 24.4 Å². The van der Waals surface area contributed by atoms with Crippen LogP contribution in [0.2, 0.25) is 0 Å². The maximum absolute atomic E-state index is 12.8. The van der Waals surface area contributed by atoms with Crippen molar-refractivity contribution in [3.63, 3.8) is 0 Å². The fourth-order valence-electron chi connectivity index (χ4n) is 3.09. The number of amides is 1. The van der Waals surface area contributed by atoms with Crippen molar-refractivity contribution in [3.05, 3.63) is 65.9 Å². The summed E-state index contributed by atoms with van der Waals surface area (Å²) in [6.45, 7) is -0.119. The van der Waals surface area contributed by atoms with Gasteiger partial charge >= 0.3 is 5.97 Å².